The van der Waals surface area contributed by atoms with E-state index in [1.54, 1.807) is 35.5 Å². The predicted molar refractivity (Wildman–Crippen MR) is 99.1 cm³/mol. The van der Waals surface area contributed by atoms with E-state index in [-0.39, 0.29) is 29.9 Å². The van der Waals surface area contributed by atoms with Crippen LogP contribution in [0, 0.1) is 11.6 Å². The first kappa shape index (κ1) is 18.8. The molecule has 4 nitrogen and oxygen atoms in total. The van der Waals surface area contributed by atoms with Crippen LogP contribution in [0.25, 0.3) is 0 Å². The Balaban J connectivity index is 1.83. The first-order chi connectivity index (χ1) is 13.0. The molecule has 3 rings (SSSR count). The molecule has 0 aliphatic rings. The molecule has 27 heavy (non-hydrogen) atoms. The molecule has 0 saturated carbocycles. The van der Waals surface area contributed by atoms with Gasteiger partial charge in [-0.1, -0.05) is 24.3 Å². The van der Waals surface area contributed by atoms with Gasteiger partial charge in [-0.05, 0) is 43.7 Å². The normalized spacial score (nSPS) is 11.0. The Morgan fingerprint density at radius 3 is 2.63 bits per heavy atom. The van der Waals surface area contributed by atoms with Crippen molar-refractivity contribution in [1.82, 2.24) is 14.5 Å². The third kappa shape index (κ3) is 4.39. The maximum atomic E-state index is 14.0. The average Bonchev–Trinajstić information content (AvgIpc) is 3.06. The summed E-state index contributed by atoms with van der Waals surface area (Å²) in [6.07, 6.45) is 3.42. The molecule has 0 saturated heterocycles. The van der Waals surface area contributed by atoms with Crippen LogP contribution in [-0.2, 0) is 13.1 Å². The fraction of sp³-hybridized carbons (Fsp3) is 0.238. The smallest absolute Gasteiger partial charge is 0.257 e. The lowest BCUT2D eigenvalue weighted by Crippen LogP contribution is -2.37. The van der Waals surface area contributed by atoms with Crippen LogP contribution in [0.5, 0.6) is 0 Å². The van der Waals surface area contributed by atoms with E-state index in [4.69, 9.17) is 0 Å². The van der Waals surface area contributed by atoms with Crippen molar-refractivity contribution >= 4 is 5.91 Å². The van der Waals surface area contributed by atoms with Crippen molar-refractivity contribution in [2.45, 2.75) is 33.0 Å². The molecule has 140 valence electrons. The quantitative estimate of drug-likeness (QED) is 0.651. The van der Waals surface area contributed by atoms with Gasteiger partial charge in [-0.15, -0.1) is 0 Å². The minimum atomic E-state index is -0.545. The number of hydrogen-bond acceptors (Lipinski definition) is 2. The van der Waals surface area contributed by atoms with Gasteiger partial charge in [-0.2, -0.15) is 0 Å². The van der Waals surface area contributed by atoms with Gasteiger partial charge in [-0.25, -0.2) is 13.8 Å². The largest absolute Gasteiger partial charge is 0.329 e. The predicted octanol–water partition coefficient (Wildman–Crippen LogP) is 4.26. The number of carbonyl (C=O) groups is 1. The SMILES string of the molecule is CC(C)N(Cc1nccn1Cc1cccc(F)c1)C(=O)c1ccccc1F. The van der Waals surface area contributed by atoms with Gasteiger partial charge < -0.3 is 9.47 Å². The molecule has 0 fully saturated rings. The molecule has 1 aromatic heterocycles. The summed E-state index contributed by atoms with van der Waals surface area (Å²) in [7, 11) is 0. The molecule has 0 N–H and O–H groups in total. The highest BCUT2D eigenvalue weighted by Crippen LogP contribution is 2.16. The zero-order valence-electron chi connectivity index (χ0n) is 15.3. The van der Waals surface area contributed by atoms with E-state index in [9.17, 15) is 13.6 Å². The number of imidazole rings is 1. The molecule has 3 aromatic rings. The van der Waals surface area contributed by atoms with Crippen LogP contribution in [0.15, 0.2) is 60.9 Å². The number of nitrogens with zero attached hydrogens (tertiary/aromatic N) is 3. The number of benzene rings is 2. The first-order valence-corrected chi connectivity index (χ1v) is 8.75. The van der Waals surface area contributed by atoms with Gasteiger partial charge >= 0.3 is 0 Å². The fourth-order valence-corrected chi connectivity index (χ4v) is 2.90. The summed E-state index contributed by atoms with van der Waals surface area (Å²) in [5.74, 6) is -0.579. The first-order valence-electron chi connectivity index (χ1n) is 8.75. The Bertz CT molecular complexity index is 936. The number of halogens is 2. The number of hydrogen-bond donors (Lipinski definition) is 0. The molecule has 0 atom stereocenters. The van der Waals surface area contributed by atoms with Gasteiger partial charge in [0.05, 0.1) is 12.1 Å². The lowest BCUT2D eigenvalue weighted by Gasteiger charge is -2.27. The van der Waals surface area contributed by atoms with Crippen molar-refractivity contribution in [1.29, 1.82) is 0 Å². The summed E-state index contributed by atoms with van der Waals surface area (Å²) in [4.78, 5) is 18.8. The lowest BCUT2D eigenvalue weighted by atomic mass is 10.1. The molecule has 2 aromatic carbocycles. The summed E-state index contributed by atoms with van der Waals surface area (Å²) in [6, 6.07) is 12.2. The van der Waals surface area contributed by atoms with E-state index in [1.165, 1.54) is 24.3 Å². The molecule has 0 unspecified atom stereocenters. The zero-order valence-corrected chi connectivity index (χ0v) is 15.3. The van der Waals surface area contributed by atoms with Crippen molar-refractivity contribution in [3.8, 4) is 0 Å². The molecule has 1 amide bonds. The second-order valence-electron chi connectivity index (χ2n) is 6.61. The van der Waals surface area contributed by atoms with Gasteiger partial charge in [0, 0.05) is 25.0 Å². The summed E-state index contributed by atoms with van der Waals surface area (Å²) in [5.41, 5.74) is 0.834. The third-order valence-corrected chi connectivity index (χ3v) is 4.34. The van der Waals surface area contributed by atoms with Crippen LogP contribution in [0.1, 0.15) is 35.6 Å². The molecule has 1 heterocycles. The van der Waals surface area contributed by atoms with Crippen LogP contribution in [-0.4, -0.2) is 26.4 Å². The van der Waals surface area contributed by atoms with Crippen LogP contribution in [0.3, 0.4) is 0 Å². The van der Waals surface area contributed by atoms with E-state index >= 15 is 0 Å². The highest BCUT2D eigenvalue weighted by molar-refractivity contribution is 5.94. The van der Waals surface area contributed by atoms with Crippen molar-refractivity contribution in [2.75, 3.05) is 0 Å². The summed E-state index contributed by atoms with van der Waals surface area (Å²) < 4.78 is 29.3. The van der Waals surface area contributed by atoms with Crippen molar-refractivity contribution in [2.24, 2.45) is 0 Å². The van der Waals surface area contributed by atoms with Crippen LogP contribution >= 0.6 is 0 Å². The Morgan fingerprint density at radius 2 is 1.93 bits per heavy atom. The van der Waals surface area contributed by atoms with Crippen molar-refractivity contribution < 1.29 is 13.6 Å². The van der Waals surface area contributed by atoms with E-state index in [0.717, 1.165) is 5.56 Å². The van der Waals surface area contributed by atoms with Crippen molar-refractivity contribution in [3.05, 3.63) is 89.5 Å². The molecule has 0 radical (unpaired) electrons. The monoisotopic (exact) mass is 369 g/mol. The topological polar surface area (TPSA) is 38.1 Å². The summed E-state index contributed by atoms with van der Waals surface area (Å²) >= 11 is 0. The van der Waals surface area contributed by atoms with E-state index in [2.05, 4.69) is 4.98 Å². The van der Waals surface area contributed by atoms with Gasteiger partial charge in [0.1, 0.15) is 17.5 Å². The zero-order chi connectivity index (χ0) is 19.4. The molecular formula is C21H21F2N3O. The Hall–Kier alpha value is -3.02. The molecule has 0 bridgehead atoms. The minimum absolute atomic E-state index is 0.0365. The van der Waals surface area contributed by atoms with Gasteiger partial charge in [0.2, 0.25) is 0 Å². The maximum absolute atomic E-state index is 14.0. The van der Waals surface area contributed by atoms with Gasteiger partial charge in [0.25, 0.3) is 5.91 Å². The molecular weight excluding hydrogens is 348 g/mol. The maximum Gasteiger partial charge on any atom is 0.257 e. The average molecular weight is 369 g/mol. The molecule has 0 aliphatic carbocycles. The van der Waals surface area contributed by atoms with E-state index < -0.39 is 5.82 Å². The second-order valence-corrected chi connectivity index (χ2v) is 6.61. The summed E-state index contributed by atoms with van der Waals surface area (Å²) in [5, 5.41) is 0. The standard InChI is InChI=1S/C21H21F2N3O/c1-15(2)26(21(27)18-8-3-4-9-19(18)23)14-20-24-10-11-25(20)13-16-6-5-7-17(22)12-16/h3-12,15H,13-14H2,1-2H3. The van der Waals surface area contributed by atoms with Gasteiger partial charge in [0.15, 0.2) is 0 Å². The van der Waals surface area contributed by atoms with E-state index in [0.29, 0.717) is 12.4 Å². The Morgan fingerprint density at radius 1 is 1.15 bits per heavy atom. The van der Waals surface area contributed by atoms with E-state index in [1.807, 2.05) is 24.5 Å². The number of rotatable bonds is 6. The highest BCUT2D eigenvalue weighted by atomic mass is 19.1. The number of amides is 1. The third-order valence-electron chi connectivity index (χ3n) is 4.34. The van der Waals surface area contributed by atoms with Crippen LogP contribution < -0.4 is 0 Å². The van der Waals surface area contributed by atoms with Crippen LogP contribution in [0.2, 0.25) is 0 Å². The Labute approximate surface area is 157 Å². The molecule has 6 heteroatoms. The Kier molecular flexibility index (Phi) is 5.64. The van der Waals surface area contributed by atoms with Gasteiger partial charge in [-0.3, -0.25) is 4.79 Å². The fourth-order valence-electron chi connectivity index (χ4n) is 2.90. The van der Waals surface area contributed by atoms with Crippen molar-refractivity contribution in [3.63, 3.8) is 0 Å². The molecule has 0 spiro atoms. The summed E-state index contributed by atoms with van der Waals surface area (Å²) in [6.45, 7) is 4.41. The molecule has 0 aliphatic heterocycles. The van der Waals surface area contributed by atoms with Crippen LogP contribution in [0.4, 0.5) is 8.78 Å². The number of carbonyl (C=O) groups excluding carboxylic acids is 1. The lowest BCUT2D eigenvalue weighted by molar-refractivity contribution is 0.0678. The minimum Gasteiger partial charge on any atom is -0.329 e. The number of aromatic nitrogens is 2. The second kappa shape index (κ2) is 8.12. The highest BCUT2D eigenvalue weighted by Gasteiger charge is 2.23.